The van der Waals surface area contributed by atoms with E-state index in [2.05, 4.69) is 15.8 Å². The molecule has 1 heterocycles. The number of halogens is 1. The van der Waals surface area contributed by atoms with Gasteiger partial charge in [0.1, 0.15) is 10.8 Å². The summed E-state index contributed by atoms with van der Waals surface area (Å²) in [6.07, 6.45) is 1.50. The fourth-order valence-corrected chi connectivity index (χ4v) is 2.19. The Labute approximate surface area is 153 Å². The molecule has 2 N–H and O–H groups in total. The van der Waals surface area contributed by atoms with Crippen LogP contribution in [-0.2, 0) is 11.3 Å². The number of furan rings is 1. The van der Waals surface area contributed by atoms with Gasteiger partial charge < -0.3 is 9.73 Å². The molecule has 10 heteroatoms. The predicted octanol–water partition coefficient (Wildman–Crippen LogP) is 2.65. The minimum absolute atomic E-state index is 0.0119. The number of nitro benzene ring substituents is 1. The third kappa shape index (κ3) is 5.42. The molecule has 2 aromatic rings. The molecule has 0 saturated carbocycles. The van der Waals surface area contributed by atoms with Gasteiger partial charge in [-0.25, -0.2) is 5.43 Å². The normalized spacial score (nSPS) is 11.1. The van der Waals surface area contributed by atoms with E-state index in [1.165, 1.54) is 18.4 Å². The summed E-state index contributed by atoms with van der Waals surface area (Å²) >= 11 is 5.76. The van der Waals surface area contributed by atoms with Gasteiger partial charge in [-0.2, -0.15) is 5.10 Å². The second-order valence-electron chi connectivity index (χ2n) is 5.24. The topological polar surface area (TPSA) is 127 Å². The van der Waals surface area contributed by atoms with Gasteiger partial charge in [-0.3, -0.25) is 19.7 Å². The molecule has 0 aliphatic rings. The molecule has 1 aromatic heterocycles. The van der Waals surface area contributed by atoms with Crippen LogP contribution in [0.5, 0.6) is 0 Å². The Balaban J connectivity index is 1.87. The molecule has 0 aliphatic carbocycles. The zero-order valence-corrected chi connectivity index (χ0v) is 14.4. The quantitative estimate of drug-likeness (QED) is 0.435. The first-order valence-corrected chi connectivity index (χ1v) is 7.81. The maximum absolute atomic E-state index is 12.0. The number of nitrogens with zero attached hydrogens (tertiary/aromatic N) is 2. The molecule has 9 nitrogen and oxygen atoms in total. The van der Waals surface area contributed by atoms with Gasteiger partial charge in [-0.15, -0.1) is 0 Å². The van der Waals surface area contributed by atoms with Gasteiger partial charge in [0.25, 0.3) is 11.6 Å². The van der Waals surface area contributed by atoms with E-state index in [4.69, 9.17) is 16.0 Å². The number of nitro groups is 1. The van der Waals surface area contributed by atoms with Crippen molar-refractivity contribution in [3.63, 3.8) is 0 Å². The molecule has 0 unspecified atom stereocenters. The van der Waals surface area contributed by atoms with Gasteiger partial charge in [-0.05, 0) is 31.2 Å². The number of nitrogens with one attached hydrogen (secondary N) is 2. The first kappa shape index (κ1) is 19.1. The van der Waals surface area contributed by atoms with Crippen molar-refractivity contribution in [3.05, 3.63) is 63.1 Å². The van der Waals surface area contributed by atoms with Crippen molar-refractivity contribution in [1.82, 2.24) is 10.7 Å². The van der Waals surface area contributed by atoms with Crippen molar-refractivity contribution in [3.8, 4) is 0 Å². The van der Waals surface area contributed by atoms with Crippen LogP contribution in [0.4, 0.5) is 5.69 Å². The van der Waals surface area contributed by atoms with E-state index in [1.54, 1.807) is 19.1 Å². The maximum atomic E-state index is 12.0. The second kappa shape index (κ2) is 8.77. The van der Waals surface area contributed by atoms with Crippen LogP contribution in [0.1, 0.15) is 29.5 Å². The number of rotatable bonds is 7. The smallest absolute Gasteiger partial charge is 0.287 e. The van der Waals surface area contributed by atoms with E-state index in [-0.39, 0.29) is 35.1 Å². The number of amides is 2. The summed E-state index contributed by atoms with van der Waals surface area (Å²) < 4.78 is 5.09. The fourth-order valence-electron chi connectivity index (χ4n) is 1.94. The average molecular weight is 379 g/mol. The Morgan fingerprint density at radius 2 is 2.12 bits per heavy atom. The van der Waals surface area contributed by atoms with Crippen molar-refractivity contribution < 1.29 is 18.9 Å². The van der Waals surface area contributed by atoms with Crippen LogP contribution in [0, 0.1) is 10.1 Å². The molecule has 0 aliphatic heterocycles. The van der Waals surface area contributed by atoms with Crippen molar-refractivity contribution in [2.24, 2.45) is 5.10 Å². The summed E-state index contributed by atoms with van der Waals surface area (Å²) in [6.45, 7) is 1.84. The van der Waals surface area contributed by atoms with Crippen LogP contribution in [0.25, 0.3) is 0 Å². The Morgan fingerprint density at radius 1 is 1.35 bits per heavy atom. The third-order valence-electron chi connectivity index (χ3n) is 3.21. The van der Waals surface area contributed by atoms with Crippen LogP contribution in [0.2, 0.25) is 5.02 Å². The van der Waals surface area contributed by atoms with E-state index in [1.807, 2.05) is 0 Å². The number of carbonyl (C=O) groups excluding carboxylic acids is 2. The minimum atomic E-state index is -0.645. The molecule has 26 heavy (non-hydrogen) atoms. The molecule has 0 radical (unpaired) electrons. The van der Waals surface area contributed by atoms with Crippen LogP contribution >= 0.6 is 11.6 Å². The third-order valence-corrected chi connectivity index (χ3v) is 3.51. The highest BCUT2D eigenvalue weighted by Gasteiger charge is 2.15. The van der Waals surface area contributed by atoms with E-state index in [0.29, 0.717) is 11.5 Å². The monoisotopic (exact) mass is 378 g/mol. The largest absolute Gasteiger partial charge is 0.467 e. The summed E-state index contributed by atoms with van der Waals surface area (Å²) in [7, 11) is 0. The number of hydrogen-bond acceptors (Lipinski definition) is 6. The summed E-state index contributed by atoms with van der Waals surface area (Å²) in [5.74, 6) is -0.260. The minimum Gasteiger partial charge on any atom is -0.467 e. The maximum Gasteiger partial charge on any atom is 0.287 e. The first-order valence-electron chi connectivity index (χ1n) is 7.43. The van der Waals surface area contributed by atoms with Gasteiger partial charge in [0, 0.05) is 17.3 Å². The van der Waals surface area contributed by atoms with Gasteiger partial charge >= 0.3 is 0 Å². The van der Waals surface area contributed by atoms with Crippen LogP contribution in [0.15, 0.2) is 46.1 Å². The first-order chi connectivity index (χ1) is 12.4. The SMILES string of the molecule is C/C(CC(=O)NCc1ccco1)=N\NC(=O)c1ccc([N+](=O)[O-])c(Cl)c1. The van der Waals surface area contributed by atoms with E-state index >= 15 is 0 Å². The van der Waals surface area contributed by atoms with Gasteiger partial charge in [-0.1, -0.05) is 11.6 Å². The van der Waals surface area contributed by atoms with E-state index in [0.717, 1.165) is 6.07 Å². The van der Waals surface area contributed by atoms with Crippen molar-refractivity contribution >= 4 is 34.8 Å². The highest BCUT2D eigenvalue weighted by molar-refractivity contribution is 6.33. The van der Waals surface area contributed by atoms with Crippen molar-refractivity contribution in [2.75, 3.05) is 0 Å². The predicted molar refractivity (Wildman–Crippen MR) is 93.9 cm³/mol. The Bertz CT molecular complexity index is 848. The standard InChI is InChI=1S/C16H15ClN4O5/c1-10(7-15(22)18-9-12-3-2-6-26-12)19-20-16(23)11-4-5-14(21(24)25)13(17)8-11/h2-6,8H,7,9H2,1H3,(H,18,22)(H,20,23)/b19-10+. The molecule has 2 rings (SSSR count). The Kier molecular flexibility index (Phi) is 6.45. The average Bonchev–Trinajstić information content (AvgIpc) is 3.11. The molecule has 0 bridgehead atoms. The van der Waals surface area contributed by atoms with Gasteiger partial charge in [0.05, 0.1) is 24.2 Å². The molecule has 2 amide bonds. The number of hydrazone groups is 1. The zero-order chi connectivity index (χ0) is 19.1. The summed E-state index contributed by atoms with van der Waals surface area (Å²) in [6, 6.07) is 7.02. The van der Waals surface area contributed by atoms with E-state index in [9.17, 15) is 19.7 Å². The molecule has 136 valence electrons. The molecular formula is C16H15ClN4O5. The molecule has 1 aromatic carbocycles. The lowest BCUT2D eigenvalue weighted by atomic mass is 10.2. The molecule has 0 atom stereocenters. The number of hydrogen-bond donors (Lipinski definition) is 2. The zero-order valence-electron chi connectivity index (χ0n) is 13.7. The van der Waals surface area contributed by atoms with Crippen molar-refractivity contribution in [1.29, 1.82) is 0 Å². The fraction of sp³-hybridized carbons (Fsp3) is 0.188. The Hall–Kier alpha value is -3.20. The summed E-state index contributed by atoms with van der Waals surface area (Å²) in [5, 5.41) is 17.0. The second-order valence-corrected chi connectivity index (χ2v) is 5.65. The van der Waals surface area contributed by atoms with Gasteiger partial charge in [0.15, 0.2) is 0 Å². The van der Waals surface area contributed by atoms with Gasteiger partial charge in [0.2, 0.25) is 5.91 Å². The summed E-state index contributed by atoms with van der Waals surface area (Å²) in [4.78, 5) is 33.8. The molecule has 0 spiro atoms. The lowest BCUT2D eigenvalue weighted by molar-refractivity contribution is -0.384. The highest BCUT2D eigenvalue weighted by Crippen LogP contribution is 2.24. The number of carbonyl (C=O) groups is 2. The van der Waals surface area contributed by atoms with E-state index < -0.39 is 10.8 Å². The lowest BCUT2D eigenvalue weighted by Crippen LogP contribution is -2.26. The molecule has 0 saturated heterocycles. The molecular weight excluding hydrogens is 364 g/mol. The lowest BCUT2D eigenvalue weighted by Gasteiger charge is -2.05. The Morgan fingerprint density at radius 3 is 2.73 bits per heavy atom. The molecule has 0 fully saturated rings. The highest BCUT2D eigenvalue weighted by atomic mass is 35.5. The van der Waals surface area contributed by atoms with Crippen molar-refractivity contribution in [2.45, 2.75) is 19.9 Å². The van der Waals surface area contributed by atoms with Crippen LogP contribution < -0.4 is 10.7 Å². The van der Waals surface area contributed by atoms with Crippen LogP contribution in [0.3, 0.4) is 0 Å². The van der Waals surface area contributed by atoms with Crippen LogP contribution in [-0.4, -0.2) is 22.4 Å². The number of benzene rings is 1. The summed E-state index contributed by atoms with van der Waals surface area (Å²) in [5.41, 5.74) is 2.47.